The van der Waals surface area contributed by atoms with Gasteiger partial charge in [-0.05, 0) is 68.1 Å². The van der Waals surface area contributed by atoms with Crippen LogP contribution >= 0.6 is 23.2 Å². The van der Waals surface area contributed by atoms with E-state index in [-0.39, 0.29) is 25.0 Å². The number of carbonyl (C=O) groups is 2. The van der Waals surface area contributed by atoms with Gasteiger partial charge in [0, 0.05) is 28.5 Å². The molecule has 0 aliphatic rings. The van der Waals surface area contributed by atoms with Gasteiger partial charge in [-0.2, -0.15) is 0 Å². The molecule has 37 heavy (non-hydrogen) atoms. The summed E-state index contributed by atoms with van der Waals surface area (Å²) in [4.78, 5) is 28.8. The Morgan fingerprint density at radius 1 is 0.946 bits per heavy atom. The molecular weight excluding hydrogens is 507 g/mol. The van der Waals surface area contributed by atoms with Crippen molar-refractivity contribution in [2.45, 2.75) is 58.7 Å². The smallest absolute Gasteiger partial charge is 0.261 e. The standard InChI is InChI=1S/C30H34Cl2N2O3/c1-5-21-11-15-25(16-12-21)37-20-28(35)34(19-23-13-14-24(31)18-26(23)32)27(29(36)33-30(2,3)4)17-22-9-7-6-8-10-22/h6-16,18,27H,5,17,19-20H2,1-4H3,(H,33,36)/t27-/m0/s1. The Hall–Kier alpha value is -3.02. The van der Waals surface area contributed by atoms with Crippen molar-refractivity contribution in [3.05, 3.63) is 99.5 Å². The maximum absolute atomic E-state index is 13.7. The van der Waals surface area contributed by atoms with Crippen LogP contribution in [-0.4, -0.2) is 34.9 Å². The Balaban J connectivity index is 1.94. The Kier molecular flexibility index (Phi) is 10.0. The summed E-state index contributed by atoms with van der Waals surface area (Å²) in [5, 5.41) is 3.97. The normalized spacial score (nSPS) is 12.1. The second kappa shape index (κ2) is 13.0. The number of amides is 2. The maximum Gasteiger partial charge on any atom is 0.261 e. The highest BCUT2D eigenvalue weighted by Gasteiger charge is 2.32. The Bertz CT molecular complexity index is 1190. The van der Waals surface area contributed by atoms with Gasteiger partial charge in [0.15, 0.2) is 6.61 Å². The summed E-state index contributed by atoms with van der Waals surface area (Å²) in [5.41, 5.74) is 2.33. The lowest BCUT2D eigenvalue weighted by Gasteiger charge is -2.34. The second-order valence-corrected chi connectivity index (χ2v) is 10.8. The number of rotatable bonds is 10. The number of carbonyl (C=O) groups excluding carboxylic acids is 2. The molecule has 0 aliphatic heterocycles. The van der Waals surface area contributed by atoms with Crippen molar-refractivity contribution in [2.24, 2.45) is 0 Å². The van der Waals surface area contributed by atoms with Crippen LogP contribution < -0.4 is 10.1 Å². The average Bonchev–Trinajstić information content (AvgIpc) is 2.85. The zero-order chi connectivity index (χ0) is 27.0. The molecule has 3 rings (SSSR count). The molecule has 0 saturated heterocycles. The molecule has 0 heterocycles. The fourth-order valence-electron chi connectivity index (χ4n) is 3.89. The third-order valence-corrected chi connectivity index (χ3v) is 6.41. The van der Waals surface area contributed by atoms with Crippen LogP contribution in [0.5, 0.6) is 5.75 Å². The van der Waals surface area contributed by atoms with E-state index < -0.39 is 11.6 Å². The van der Waals surface area contributed by atoms with Gasteiger partial charge in [-0.3, -0.25) is 9.59 Å². The van der Waals surface area contributed by atoms with Crippen LogP contribution in [0.15, 0.2) is 72.8 Å². The number of benzene rings is 3. The van der Waals surface area contributed by atoms with E-state index in [0.717, 1.165) is 12.0 Å². The highest BCUT2D eigenvalue weighted by molar-refractivity contribution is 6.35. The number of hydrogen-bond donors (Lipinski definition) is 1. The summed E-state index contributed by atoms with van der Waals surface area (Å²) in [6.07, 6.45) is 1.25. The topological polar surface area (TPSA) is 58.6 Å². The van der Waals surface area contributed by atoms with E-state index in [1.54, 1.807) is 23.1 Å². The minimum Gasteiger partial charge on any atom is -0.484 e. The summed E-state index contributed by atoms with van der Waals surface area (Å²) in [6.45, 7) is 7.72. The van der Waals surface area contributed by atoms with Crippen molar-refractivity contribution >= 4 is 35.0 Å². The first-order valence-electron chi connectivity index (χ1n) is 12.4. The van der Waals surface area contributed by atoms with Gasteiger partial charge in [-0.1, -0.05) is 78.7 Å². The maximum atomic E-state index is 13.7. The Morgan fingerprint density at radius 3 is 2.22 bits per heavy atom. The fraction of sp³-hybridized carbons (Fsp3) is 0.333. The van der Waals surface area contributed by atoms with Gasteiger partial charge in [0.25, 0.3) is 5.91 Å². The number of hydrogen-bond acceptors (Lipinski definition) is 3. The monoisotopic (exact) mass is 540 g/mol. The third kappa shape index (κ3) is 8.80. The minimum absolute atomic E-state index is 0.127. The van der Waals surface area contributed by atoms with E-state index >= 15 is 0 Å². The van der Waals surface area contributed by atoms with E-state index in [1.807, 2.05) is 75.4 Å². The molecule has 0 saturated carbocycles. The molecule has 3 aromatic carbocycles. The molecule has 0 bridgehead atoms. The fourth-order valence-corrected chi connectivity index (χ4v) is 4.36. The molecule has 5 nitrogen and oxygen atoms in total. The van der Waals surface area contributed by atoms with Crippen LogP contribution in [0.25, 0.3) is 0 Å². The van der Waals surface area contributed by atoms with Crippen LogP contribution in [0.3, 0.4) is 0 Å². The minimum atomic E-state index is -0.785. The predicted octanol–water partition coefficient (Wildman–Crippen LogP) is 6.49. The zero-order valence-electron chi connectivity index (χ0n) is 21.8. The summed E-state index contributed by atoms with van der Waals surface area (Å²) in [7, 11) is 0. The molecule has 196 valence electrons. The van der Waals surface area contributed by atoms with Crippen molar-refractivity contribution < 1.29 is 14.3 Å². The largest absolute Gasteiger partial charge is 0.484 e. The van der Waals surface area contributed by atoms with Crippen LogP contribution in [0, 0.1) is 0 Å². The van der Waals surface area contributed by atoms with Crippen LogP contribution in [0.1, 0.15) is 44.4 Å². The summed E-state index contributed by atoms with van der Waals surface area (Å²) >= 11 is 12.6. The van der Waals surface area contributed by atoms with E-state index in [4.69, 9.17) is 27.9 Å². The molecule has 3 aromatic rings. The molecule has 7 heteroatoms. The number of halogens is 2. The highest BCUT2D eigenvalue weighted by Crippen LogP contribution is 2.24. The van der Waals surface area contributed by atoms with Gasteiger partial charge < -0.3 is 15.0 Å². The van der Waals surface area contributed by atoms with E-state index in [9.17, 15) is 9.59 Å². The molecule has 1 N–H and O–H groups in total. The van der Waals surface area contributed by atoms with E-state index in [0.29, 0.717) is 27.8 Å². The first-order chi connectivity index (χ1) is 17.6. The molecule has 2 amide bonds. The first kappa shape index (κ1) is 28.5. The first-order valence-corrected chi connectivity index (χ1v) is 13.1. The molecule has 0 unspecified atom stereocenters. The average molecular weight is 542 g/mol. The number of ether oxygens (including phenoxy) is 1. The quantitative estimate of drug-likeness (QED) is 0.319. The molecule has 0 radical (unpaired) electrons. The van der Waals surface area contributed by atoms with Crippen LogP contribution in [-0.2, 0) is 29.0 Å². The summed E-state index contributed by atoms with van der Waals surface area (Å²) < 4.78 is 5.84. The number of aryl methyl sites for hydroxylation is 1. The van der Waals surface area contributed by atoms with Gasteiger partial charge in [0.05, 0.1) is 0 Å². The van der Waals surface area contributed by atoms with Crippen molar-refractivity contribution in [2.75, 3.05) is 6.61 Å². The molecule has 0 spiro atoms. The van der Waals surface area contributed by atoms with Crippen LogP contribution in [0.2, 0.25) is 10.0 Å². The third-order valence-electron chi connectivity index (χ3n) is 5.82. The number of nitrogens with one attached hydrogen (secondary N) is 1. The number of nitrogens with zero attached hydrogens (tertiary/aromatic N) is 1. The van der Waals surface area contributed by atoms with Gasteiger partial charge >= 0.3 is 0 Å². The second-order valence-electron chi connectivity index (χ2n) is 9.99. The molecule has 1 atom stereocenters. The Morgan fingerprint density at radius 2 is 1.62 bits per heavy atom. The molecular formula is C30H34Cl2N2O3. The van der Waals surface area contributed by atoms with Gasteiger partial charge in [0.1, 0.15) is 11.8 Å². The highest BCUT2D eigenvalue weighted by atomic mass is 35.5. The Labute approximate surface area is 229 Å². The van der Waals surface area contributed by atoms with E-state index in [1.165, 1.54) is 5.56 Å². The zero-order valence-corrected chi connectivity index (χ0v) is 23.3. The molecule has 0 fully saturated rings. The van der Waals surface area contributed by atoms with Crippen molar-refractivity contribution in [3.8, 4) is 5.75 Å². The van der Waals surface area contributed by atoms with Crippen molar-refractivity contribution in [3.63, 3.8) is 0 Å². The molecule has 0 aromatic heterocycles. The SMILES string of the molecule is CCc1ccc(OCC(=O)N(Cc2ccc(Cl)cc2Cl)[C@@H](Cc2ccccc2)C(=O)NC(C)(C)C)cc1. The van der Waals surface area contributed by atoms with Crippen molar-refractivity contribution in [1.82, 2.24) is 10.2 Å². The lowest BCUT2D eigenvalue weighted by molar-refractivity contribution is -0.143. The van der Waals surface area contributed by atoms with Crippen molar-refractivity contribution in [1.29, 1.82) is 0 Å². The van der Waals surface area contributed by atoms with Gasteiger partial charge in [0.2, 0.25) is 5.91 Å². The van der Waals surface area contributed by atoms with Crippen LogP contribution in [0.4, 0.5) is 0 Å². The summed E-state index contributed by atoms with van der Waals surface area (Å²) in [5.74, 6) is 0.0199. The summed E-state index contributed by atoms with van der Waals surface area (Å²) in [6, 6.07) is 21.6. The molecule has 0 aliphatic carbocycles. The lowest BCUT2D eigenvalue weighted by Crippen LogP contribution is -2.55. The van der Waals surface area contributed by atoms with Gasteiger partial charge in [-0.15, -0.1) is 0 Å². The lowest BCUT2D eigenvalue weighted by atomic mass is 10.0. The predicted molar refractivity (Wildman–Crippen MR) is 150 cm³/mol. The van der Waals surface area contributed by atoms with Gasteiger partial charge in [-0.25, -0.2) is 0 Å². The van der Waals surface area contributed by atoms with E-state index in [2.05, 4.69) is 12.2 Å².